The van der Waals surface area contributed by atoms with Crippen LogP contribution in [0.25, 0.3) is 11.2 Å². The molecule has 5 nitrogen and oxygen atoms in total. The van der Waals surface area contributed by atoms with E-state index in [0.717, 1.165) is 11.3 Å². The smallest absolute Gasteiger partial charge is 0.238 e. The summed E-state index contributed by atoms with van der Waals surface area (Å²) in [5.74, 6) is 0.891. The summed E-state index contributed by atoms with van der Waals surface area (Å²) in [5.41, 5.74) is 1.45. The fourth-order valence-electron chi connectivity index (χ4n) is 1.20. The van der Waals surface area contributed by atoms with Crippen LogP contribution in [0.3, 0.4) is 0 Å². The van der Waals surface area contributed by atoms with E-state index in [2.05, 4.69) is 19.9 Å². The monoisotopic (exact) mass is 177 g/mol. The van der Waals surface area contributed by atoms with E-state index in [0.29, 0.717) is 10.1 Å². The van der Waals surface area contributed by atoms with Gasteiger partial charge < -0.3 is 15.0 Å². The molecule has 0 bridgehead atoms. The van der Waals surface area contributed by atoms with Gasteiger partial charge in [0.05, 0.1) is 33.0 Å². The Hall–Kier alpha value is -1.49. The quantitative estimate of drug-likeness (QED) is 0.583. The van der Waals surface area contributed by atoms with E-state index in [1.54, 1.807) is 0 Å². The molecular formula is C8H11N5. The Morgan fingerprint density at radius 1 is 1.15 bits per heavy atom. The first-order valence-electron chi connectivity index (χ1n) is 3.99. The van der Waals surface area contributed by atoms with Gasteiger partial charge in [0, 0.05) is 5.65 Å². The molecule has 0 aliphatic rings. The molecule has 0 amide bonds. The third kappa shape index (κ3) is 1.27. The van der Waals surface area contributed by atoms with Crippen molar-refractivity contribution in [1.82, 2.24) is 24.4 Å². The highest BCUT2D eigenvalue weighted by Crippen LogP contribution is 2.20. The number of hydrogen-bond donors (Lipinski definition) is 0. The second-order valence-electron chi connectivity index (χ2n) is 3.76. The van der Waals surface area contributed by atoms with Gasteiger partial charge in [-0.1, -0.05) is 0 Å². The van der Waals surface area contributed by atoms with E-state index in [1.165, 1.54) is 12.7 Å². The van der Waals surface area contributed by atoms with E-state index in [-0.39, 0.29) is 0 Å². The van der Waals surface area contributed by atoms with Gasteiger partial charge in [-0.2, -0.15) is 0 Å². The molecule has 0 aliphatic heterocycles. The van der Waals surface area contributed by atoms with Crippen LogP contribution in [0.5, 0.6) is 0 Å². The summed E-state index contributed by atoms with van der Waals surface area (Å²) in [7, 11) is 6.11. The number of hydrogen-bond acceptors (Lipinski definition) is 3. The molecule has 0 atom stereocenters. The number of imidazole rings is 1. The van der Waals surface area contributed by atoms with Crippen molar-refractivity contribution in [3.8, 4) is 0 Å². The van der Waals surface area contributed by atoms with Gasteiger partial charge in [0.1, 0.15) is 0 Å². The lowest BCUT2D eigenvalue weighted by Crippen LogP contribution is -2.36. The maximum atomic E-state index is 4.21. The average molecular weight is 177 g/mol. The third-order valence-corrected chi connectivity index (χ3v) is 1.79. The lowest BCUT2D eigenvalue weighted by molar-refractivity contribution is 0.476. The van der Waals surface area contributed by atoms with Crippen LogP contribution in [0.2, 0.25) is 0 Å². The first-order chi connectivity index (χ1) is 6.09. The Balaban J connectivity index is 2.75. The molecule has 0 N–H and O–H groups in total. The zero-order valence-corrected chi connectivity index (χ0v) is 7.89. The van der Waals surface area contributed by atoms with Gasteiger partial charge in [0.15, 0.2) is 0 Å². The Bertz CT molecular complexity index is 425. The minimum atomic E-state index is 0.623. The number of nitrogens with zero attached hydrogens (tertiary/aromatic N) is 5. The highest BCUT2D eigenvalue weighted by atomic mass is 15.3. The number of fused-ring (bicyclic) bond motifs is 1. The van der Waals surface area contributed by atoms with Gasteiger partial charge in [-0.3, -0.25) is 4.48 Å². The van der Waals surface area contributed by atoms with Crippen LogP contribution in [0.1, 0.15) is 0 Å². The van der Waals surface area contributed by atoms with Crippen LogP contribution in [-0.4, -0.2) is 36.1 Å². The zero-order chi connectivity index (χ0) is 9.47. The molecule has 0 saturated heterocycles. The minimum Gasteiger partial charge on any atom is -0.365 e. The Kier molecular flexibility index (Phi) is 1.56. The maximum absolute atomic E-state index is 4.21. The normalized spacial score (nSPS) is 12.2. The third-order valence-electron chi connectivity index (χ3n) is 1.79. The topological polar surface area (TPSA) is 52.8 Å². The van der Waals surface area contributed by atoms with Crippen molar-refractivity contribution in [2.45, 2.75) is 0 Å². The first kappa shape index (κ1) is 8.12. The van der Waals surface area contributed by atoms with Crippen LogP contribution in [-0.2, 0) is 0 Å². The SMILES string of the molecule is C[N+](C)(C)c1ncnc2[n-]cnc12. The van der Waals surface area contributed by atoms with Crippen LogP contribution in [0.15, 0.2) is 12.7 Å². The van der Waals surface area contributed by atoms with Crippen LogP contribution >= 0.6 is 0 Å². The van der Waals surface area contributed by atoms with Gasteiger partial charge in [-0.15, -0.1) is 0 Å². The first-order valence-corrected chi connectivity index (χ1v) is 3.99. The van der Waals surface area contributed by atoms with E-state index < -0.39 is 0 Å². The lowest BCUT2D eigenvalue weighted by atomic mass is 10.4. The second-order valence-corrected chi connectivity index (χ2v) is 3.76. The minimum absolute atomic E-state index is 0.623. The number of rotatable bonds is 1. The van der Waals surface area contributed by atoms with Crippen molar-refractivity contribution >= 4 is 17.0 Å². The summed E-state index contributed by atoms with van der Waals surface area (Å²) in [5, 5.41) is 0. The van der Waals surface area contributed by atoms with E-state index >= 15 is 0 Å². The predicted molar refractivity (Wildman–Crippen MR) is 50.2 cm³/mol. The summed E-state index contributed by atoms with van der Waals surface area (Å²) in [6.45, 7) is 0. The highest BCUT2D eigenvalue weighted by molar-refractivity contribution is 5.80. The lowest BCUT2D eigenvalue weighted by Gasteiger charge is -2.22. The van der Waals surface area contributed by atoms with Crippen molar-refractivity contribution in [3.05, 3.63) is 12.7 Å². The van der Waals surface area contributed by atoms with Crippen molar-refractivity contribution in [3.63, 3.8) is 0 Å². The second kappa shape index (κ2) is 2.50. The van der Waals surface area contributed by atoms with Gasteiger partial charge in [0.2, 0.25) is 5.82 Å². The van der Waals surface area contributed by atoms with E-state index in [4.69, 9.17) is 0 Å². The average Bonchev–Trinajstić information content (AvgIpc) is 2.48. The molecule has 5 heteroatoms. The zero-order valence-electron chi connectivity index (χ0n) is 7.89. The fraction of sp³-hybridized carbons (Fsp3) is 0.375. The molecule has 0 radical (unpaired) electrons. The van der Waals surface area contributed by atoms with Crippen LogP contribution < -0.4 is 9.47 Å². The largest absolute Gasteiger partial charge is 0.365 e. The molecule has 0 aliphatic carbocycles. The Morgan fingerprint density at radius 3 is 2.62 bits per heavy atom. The molecule has 68 valence electrons. The van der Waals surface area contributed by atoms with Crippen molar-refractivity contribution < 1.29 is 0 Å². The van der Waals surface area contributed by atoms with Gasteiger partial charge in [-0.25, -0.2) is 4.98 Å². The maximum Gasteiger partial charge on any atom is 0.238 e. The molecule has 2 rings (SSSR count). The van der Waals surface area contributed by atoms with Crippen LogP contribution in [0.4, 0.5) is 5.82 Å². The highest BCUT2D eigenvalue weighted by Gasteiger charge is 2.16. The predicted octanol–water partition coefficient (Wildman–Crippen LogP) is 0.179. The molecule has 13 heavy (non-hydrogen) atoms. The molecule has 0 saturated carbocycles. The standard InChI is InChI=1S/C8H11N5/c1-13(2,3)8-6-7(10-4-9-6)11-5-12-8/h4-5H,1-3H3. The summed E-state index contributed by atoms with van der Waals surface area (Å²) in [6.07, 6.45) is 3.04. The van der Waals surface area contributed by atoms with Crippen LogP contribution in [0, 0.1) is 0 Å². The van der Waals surface area contributed by atoms with E-state index in [9.17, 15) is 0 Å². The molecule has 0 aromatic carbocycles. The fourth-order valence-corrected chi connectivity index (χ4v) is 1.20. The molecule has 2 aromatic rings. The summed E-state index contributed by atoms with van der Waals surface area (Å²) in [6, 6.07) is 0. The van der Waals surface area contributed by atoms with Gasteiger partial charge >= 0.3 is 0 Å². The van der Waals surface area contributed by atoms with E-state index in [1.807, 2.05) is 21.1 Å². The Labute approximate surface area is 76.0 Å². The summed E-state index contributed by atoms with van der Waals surface area (Å²) >= 11 is 0. The molecule has 0 fully saturated rings. The van der Waals surface area contributed by atoms with Crippen molar-refractivity contribution in [1.29, 1.82) is 0 Å². The summed E-state index contributed by atoms with van der Waals surface area (Å²) < 4.78 is 0.623. The molecular weight excluding hydrogens is 166 g/mol. The number of quaternary nitrogens is 1. The van der Waals surface area contributed by atoms with Crippen molar-refractivity contribution in [2.24, 2.45) is 0 Å². The Morgan fingerprint density at radius 2 is 1.92 bits per heavy atom. The molecule has 0 spiro atoms. The molecule has 2 heterocycles. The summed E-state index contributed by atoms with van der Waals surface area (Å²) in [4.78, 5) is 16.4. The molecule has 0 unspecified atom stereocenters. The number of aromatic nitrogens is 4. The van der Waals surface area contributed by atoms with Gasteiger partial charge in [-0.05, 0) is 6.33 Å². The molecule has 2 aromatic heterocycles. The van der Waals surface area contributed by atoms with Crippen molar-refractivity contribution in [2.75, 3.05) is 21.1 Å². The van der Waals surface area contributed by atoms with Gasteiger partial charge in [0.25, 0.3) is 0 Å².